The summed E-state index contributed by atoms with van der Waals surface area (Å²) in [6, 6.07) is 1.95. The second-order valence-corrected chi connectivity index (χ2v) is 2.62. The molecule has 0 aliphatic carbocycles. The van der Waals surface area contributed by atoms with Crippen LogP contribution in [-0.4, -0.2) is 11.5 Å². The van der Waals surface area contributed by atoms with E-state index in [4.69, 9.17) is 0 Å². The van der Waals surface area contributed by atoms with Crippen LogP contribution in [0.15, 0.2) is 12.3 Å². The Morgan fingerprint density at radius 2 is 2.33 bits per heavy atom. The topological polar surface area (TPSA) is 39.2 Å². The number of hydrogen-bond donors (Lipinski definition) is 0. The Hall–Kier alpha value is -1.38. The Morgan fingerprint density at radius 1 is 1.58 bits per heavy atom. The zero-order valence-corrected chi connectivity index (χ0v) is 7.13. The van der Waals surface area contributed by atoms with Crippen molar-refractivity contribution in [1.82, 2.24) is 4.98 Å². The fraction of sp³-hybridized carbons (Fsp3) is 0.333. The first kappa shape index (κ1) is 8.71. The molecule has 0 unspecified atom stereocenters. The first-order valence-electron chi connectivity index (χ1n) is 3.65. The highest BCUT2D eigenvalue weighted by atomic mass is 16.5. The molecule has 3 nitrogen and oxygen atoms in total. The molecule has 0 saturated heterocycles. The van der Waals surface area contributed by atoms with Gasteiger partial charge in [0.2, 0.25) is 0 Å². The number of pyridine rings is 1. The van der Waals surface area contributed by atoms with Gasteiger partial charge in [-0.25, -0.2) is 4.79 Å². The van der Waals surface area contributed by atoms with E-state index in [1.807, 2.05) is 19.9 Å². The van der Waals surface area contributed by atoms with E-state index in [0.29, 0.717) is 0 Å². The van der Waals surface area contributed by atoms with Crippen molar-refractivity contribution in [2.75, 3.05) is 0 Å². The SMILES string of the molecule is Cc1cc(C)c(CO[C]=O)cn1. The number of nitrogens with zero attached hydrogens (tertiary/aromatic N) is 1. The van der Waals surface area contributed by atoms with Gasteiger partial charge in [0.1, 0.15) is 6.61 Å². The van der Waals surface area contributed by atoms with Crippen molar-refractivity contribution >= 4 is 6.47 Å². The molecule has 0 aliphatic rings. The lowest BCUT2D eigenvalue weighted by molar-refractivity contribution is 0.266. The van der Waals surface area contributed by atoms with Gasteiger partial charge in [0.15, 0.2) is 0 Å². The number of aromatic nitrogens is 1. The third kappa shape index (κ3) is 2.05. The van der Waals surface area contributed by atoms with Crippen LogP contribution in [0.5, 0.6) is 0 Å². The fourth-order valence-corrected chi connectivity index (χ4v) is 0.983. The summed E-state index contributed by atoms with van der Waals surface area (Å²) in [5.41, 5.74) is 2.97. The van der Waals surface area contributed by atoms with Gasteiger partial charge in [-0.05, 0) is 25.5 Å². The van der Waals surface area contributed by atoms with Crippen LogP contribution in [0.2, 0.25) is 0 Å². The maximum absolute atomic E-state index is 9.79. The van der Waals surface area contributed by atoms with E-state index in [2.05, 4.69) is 9.72 Å². The molecule has 0 amide bonds. The largest absolute Gasteiger partial charge is 0.452 e. The van der Waals surface area contributed by atoms with E-state index >= 15 is 0 Å². The van der Waals surface area contributed by atoms with Crippen molar-refractivity contribution in [2.45, 2.75) is 20.5 Å². The molecule has 1 heterocycles. The minimum absolute atomic E-state index is 0.253. The van der Waals surface area contributed by atoms with Gasteiger partial charge in [-0.3, -0.25) is 4.98 Å². The molecule has 1 radical (unpaired) electrons. The predicted molar refractivity (Wildman–Crippen MR) is 44.2 cm³/mol. The second-order valence-electron chi connectivity index (χ2n) is 2.62. The standard InChI is InChI=1S/C9H10NO2/c1-7-3-8(2)10-4-9(7)5-12-6-11/h3-4H,5H2,1-2H3. The Balaban J connectivity index is 2.78. The second kappa shape index (κ2) is 3.85. The summed E-state index contributed by atoms with van der Waals surface area (Å²) in [5, 5.41) is 0. The van der Waals surface area contributed by atoms with Crippen LogP contribution >= 0.6 is 0 Å². The molecule has 0 atom stereocenters. The molecule has 0 aliphatic heterocycles. The van der Waals surface area contributed by atoms with Gasteiger partial charge in [0, 0.05) is 17.5 Å². The van der Waals surface area contributed by atoms with Crippen LogP contribution in [0.4, 0.5) is 0 Å². The van der Waals surface area contributed by atoms with Crippen LogP contribution in [-0.2, 0) is 16.1 Å². The Kier molecular flexibility index (Phi) is 2.80. The molecule has 1 aromatic rings. The lowest BCUT2D eigenvalue weighted by atomic mass is 10.1. The predicted octanol–water partition coefficient (Wildman–Crippen LogP) is 1.28. The monoisotopic (exact) mass is 164 g/mol. The maximum Gasteiger partial charge on any atom is 0.417 e. The van der Waals surface area contributed by atoms with Gasteiger partial charge < -0.3 is 4.74 Å². The van der Waals surface area contributed by atoms with E-state index in [-0.39, 0.29) is 6.61 Å². The van der Waals surface area contributed by atoms with Crippen molar-refractivity contribution < 1.29 is 9.53 Å². The highest BCUT2D eigenvalue weighted by Gasteiger charge is 1.98. The molecule has 1 aromatic heterocycles. The summed E-state index contributed by atoms with van der Waals surface area (Å²) in [6.45, 7) is 5.51. The molecule has 0 fully saturated rings. The van der Waals surface area contributed by atoms with E-state index in [9.17, 15) is 4.79 Å². The lowest BCUT2D eigenvalue weighted by Gasteiger charge is -2.03. The molecule has 3 heteroatoms. The van der Waals surface area contributed by atoms with Gasteiger partial charge in [0.25, 0.3) is 0 Å². The first-order valence-corrected chi connectivity index (χ1v) is 3.65. The summed E-state index contributed by atoms with van der Waals surface area (Å²) in [5.74, 6) is 0. The molecule has 0 spiro atoms. The Bertz CT molecular complexity index is 284. The molecule has 0 N–H and O–H groups in total. The van der Waals surface area contributed by atoms with Gasteiger partial charge in [-0.2, -0.15) is 0 Å². The molecule has 1 rings (SSSR count). The van der Waals surface area contributed by atoms with Crippen LogP contribution in [0.1, 0.15) is 16.8 Å². The third-order valence-corrected chi connectivity index (χ3v) is 1.64. The average molecular weight is 164 g/mol. The average Bonchev–Trinajstić information content (AvgIpc) is 2.03. The first-order chi connectivity index (χ1) is 5.74. The van der Waals surface area contributed by atoms with Crippen LogP contribution in [0.3, 0.4) is 0 Å². The summed E-state index contributed by atoms with van der Waals surface area (Å²) in [4.78, 5) is 13.9. The summed E-state index contributed by atoms with van der Waals surface area (Å²) >= 11 is 0. The molecule has 12 heavy (non-hydrogen) atoms. The van der Waals surface area contributed by atoms with Crippen molar-refractivity contribution in [3.63, 3.8) is 0 Å². The Morgan fingerprint density at radius 3 is 2.92 bits per heavy atom. The van der Waals surface area contributed by atoms with Crippen molar-refractivity contribution in [1.29, 1.82) is 0 Å². The summed E-state index contributed by atoms with van der Waals surface area (Å²) in [6.07, 6.45) is 1.71. The van der Waals surface area contributed by atoms with Gasteiger partial charge >= 0.3 is 6.47 Å². The quantitative estimate of drug-likeness (QED) is 0.675. The highest BCUT2D eigenvalue weighted by Crippen LogP contribution is 2.08. The van der Waals surface area contributed by atoms with E-state index in [0.717, 1.165) is 16.8 Å². The number of aryl methyl sites for hydroxylation is 2. The molecule has 0 saturated carbocycles. The molecular formula is C9H10NO2. The van der Waals surface area contributed by atoms with Crippen LogP contribution in [0.25, 0.3) is 0 Å². The van der Waals surface area contributed by atoms with E-state index < -0.39 is 0 Å². The molecule has 0 bridgehead atoms. The molecule has 0 aromatic carbocycles. The maximum atomic E-state index is 9.79. The lowest BCUT2D eigenvalue weighted by Crippen LogP contribution is -1.95. The van der Waals surface area contributed by atoms with E-state index in [1.165, 1.54) is 6.47 Å². The molecular weight excluding hydrogens is 154 g/mol. The van der Waals surface area contributed by atoms with Gasteiger partial charge in [0.05, 0.1) is 0 Å². The zero-order chi connectivity index (χ0) is 8.97. The zero-order valence-electron chi connectivity index (χ0n) is 7.13. The van der Waals surface area contributed by atoms with Crippen molar-refractivity contribution in [3.8, 4) is 0 Å². The summed E-state index contributed by atoms with van der Waals surface area (Å²) in [7, 11) is 0. The third-order valence-electron chi connectivity index (χ3n) is 1.64. The highest BCUT2D eigenvalue weighted by molar-refractivity contribution is 5.39. The number of rotatable bonds is 3. The Labute approximate surface area is 71.4 Å². The molecule has 63 valence electrons. The minimum atomic E-state index is 0.253. The van der Waals surface area contributed by atoms with Crippen molar-refractivity contribution in [2.24, 2.45) is 0 Å². The minimum Gasteiger partial charge on any atom is -0.452 e. The van der Waals surface area contributed by atoms with Gasteiger partial charge in [-0.1, -0.05) is 0 Å². The van der Waals surface area contributed by atoms with Gasteiger partial charge in [-0.15, -0.1) is 0 Å². The number of carbonyl (C=O) groups excluding carboxylic acids is 1. The van der Waals surface area contributed by atoms with Crippen molar-refractivity contribution in [3.05, 3.63) is 29.1 Å². The number of hydrogen-bond acceptors (Lipinski definition) is 3. The van der Waals surface area contributed by atoms with Crippen LogP contribution in [0, 0.1) is 13.8 Å². The summed E-state index contributed by atoms with van der Waals surface area (Å²) < 4.78 is 4.49. The fourth-order valence-electron chi connectivity index (χ4n) is 0.983. The smallest absolute Gasteiger partial charge is 0.417 e. The normalized spacial score (nSPS) is 9.50. The number of ether oxygens (including phenoxy) is 1. The van der Waals surface area contributed by atoms with Crippen LogP contribution < -0.4 is 0 Å². The van der Waals surface area contributed by atoms with E-state index in [1.54, 1.807) is 6.20 Å².